The second-order valence-corrected chi connectivity index (χ2v) is 5.85. The summed E-state index contributed by atoms with van der Waals surface area (Å²) in [5.74, 6) is 0.930. The zero-order valence-electron chi connectivity index (χ0n) is 10.9. The van der Waals surface area contributed by atoms with Crippen LogP contribution in [0.1, 0.15) is 58.3 Å². The molecule has 0 bridgehead atoms. The molecule has 1 saturated heterocycles. The van der Waals surface area contributed by atoms with Gasteiger partial charge in [0.25, 0.3) is 0 Å². The predicted octanol–water partition coefficient (Wildman–Crippen LogP) is 2.77. The van der Waals surface area contributed by atoms with E-state index in [2.05, 4.69) is 11.8 Å². The first-order valence-corrected chi connectivity index (χ1v) is 7.26. The van der Waals surface area contributed by atoms with Crippen molar-refractivity contribution >= 4 is 0 Å². The lowest BCUT2D eigenvalue weighted by molar-refractivity contribution is 0.0197. The summed E-state index contributed by atoms with van der Waals surface area (Å²) in [5, 5.41) is 0. The molecule has 0 aromatic carbocycles. The molecule has 1 unspecified atom stereocenters. The lowest BCUT2D eigenvalue weighted by atomic mass is 9.78. The van der Waals surface area contributed by atoms with Gasteiger partial charge in [-0.3, -0.25) is 4.90 Å². The number of hydrogen-bond donors (Lipinski definition) is 1. The lowest BCUT2D eigenvalue weighted by Crippen LogP contribution is -2.57. The number of nitrogens with two attached hydrogens (primary N) is 1. The van der Waals surface area contributed by atoms with E-state index in [4.69, 9.17) is 5.73 Å². The third-order valence-electron chi connectivity index (χ3n) is 4.93. The molecule has 2 nitrogen and oxygen atoms in total. The van der Waals surface area contributed by atoms with Crippen LogP contribution >= 0.6 is 0 Å². The first-order valence-electron chi connectivity index (χ1n) is 7.26. The van der Waals surface area contributed by atoms with Crippen LogP contribution in [0.4, 0.5) is 0 Å². The van der Waals surface area contributed by atoms with Crippen molar-refractivity contribution in [2.24, 2.45) is 11.7 Å². The summed E-state index contributed by atoms with van der Waals surface area (Å²) in [6, 6.07) is 0. The van der Waals surface area contributed by atoms with E-state index >= 15 is 0 Å². The maximum atomic E-state index is 6.11. The van der Waals surface area contributed by atoms with Crippen LogP contribution in [-0.4, -0.2) is 30.1 Å². The van der Waals surface area contributed by atoms with Gasteiger partial charge < -0.3 is 5.73 Å². The molecule has 2 N–H and O–H groups in total. The van der Waals surface area contributed by atoms with Gasteiger partial charge >= 0.3 is 0 Å². The molecule has 2 fully saturated rings. The molecular weight excluding hydrogens is 196 g/mol. The Hall–Kier alpha value is -0.0800. The van der Waals surface area contributed by atoms with Crippen molar-refractivity contribution < 1.29 is 0 Å². The van der Waals surface area contributed by atoms with Crippen molar-refractivity contribution in [3.05, 3.63) is 0 Å². The molecule has 1 atom stereocenters. The highest BCUT2D eigenvalue weighted by Crippen LogP contribution is 2.36. The van der Waals surface area contributed by atoms with E-state index in [-0.39, 0.29) is 0 Å². The molecule has 0 aromatic rings. The topological polar surface area (TPSA) is 29.3 Å². The van der Waals surface area contributed by atoms with Crippen molar-refractivity contribution in [1.82, 2.24) is 4.90 Å². The Balaban J connectivity index is 2.01. The number of likely N-dealkylation sites (tertiary alicyclic amines) is 1. The van der Waals surface area contributed by atoms with Crippen LogP contribution in [0.5, 0.6) is 0 Å². The molecule has 1 aliphatic carbocycles. The van der Waals surface area contributed by atoms with E-state index in [0.717, 1.165) is 12.5 Å². The molecule has 2 rings (SSSR count). The van der Waals surface area contributed by atoms with Gasteiger partial charge in [-0.2, -0.15) is 0 Å². The average molecular weight is 224 g/mol. The molecule has 94 valence electrons. The van der Waals surface area contributed by atoms with Crippen LogP contribution in [0.15, 0.2) is 0 Å². The van der Waals surface area contributed by atoms with Crippen molar-refractivity contribution in [3.63, 3.8) is 0 Å². The summed E-state index contributed by atoms with van der Waals surface area (Å²) < 4.78 is 0. The molecule has 1 heterocycles. The second-order valence-electron chi connectivity index (χ2n) is 5.85. The number of rotatable bonds is 3. The minimum Gasteiger partial charge on any atom is -0.329 e. The second kappa shape index (κ2) is 5.50. The Morgan fingerprint density at radius 1 is 1.19 bits per heavy atom. The van der Waals surface area contributed by atoms with Crippen LogP contribution in [-0.2, 0) is 0 Å². The molecular formula is C14H28N2. The van der Waals surface area contributed by atoms with Gasteiger partial charge in [-0.1, -0.05) is 32.6 Å². The SMILES string of the molecule is CCC1CCCN(C2(CN)CCCCC2)C1. The van der Waals surface area contributed by atoms with E-state index < -0.39 is 0 Å². The van der Waals surface area contributed by atoms with Crippen molar-refractivity contribution in [2.45, 2.75) is 63.8 Å². The number of piperidine rings is 1. The van der Waals surface area contributed by atoms with Gasteiger partial charge in [-0.25, -0.2) is 0 Å². The molecule has 0 radical (unpaired) electrons. The normalized spacial score (nSPS) is 31.5. The summed E-state index contributed by atoms with van der Waals surface area (Å²) in [7, 11) is 0. The van der Waals surface area contributed by atoms with E-state index in [1.165, 1.54) is 64.5 Å². The fourth-order valence-electron chi connectivity index (χ4n) is 3.69. The Labute approximate surface area is 101 Å². The van der Waals surface area contributed by atoms with Crippen molar-refractivity contribution in [3.8, 4) is 0 Å². The number of hydrogen-bond acceptors (Lipinski definition) is 2. The van der Waals surface area contributed by atoms with Crippen LogP contribution < -0.4 is 5.73 Å². The molecule has 0 aromatic heterocycles. The van der Waals surface area contributed by atoms with Gasteiger partial charge in [0.1, 0.15) is 0 Å². The van der Waals surface area contributed by atoms with Gasteiger partial charge in [0.2, 0.25) is 0 Å². The molecule has 1 aliphatic heterocycles. The van der Waals surface area contributed by atoms with E-state index in [9.17, 15) is 0 Å². The maximum absolute atomic E-state index is 6.11. The largest absolute Gasteiger partial charge is 0.329 e. The standard InChI is InChI=1S/C14H28N2/c1-2-13-7-6-10-16(11-13)14(12-15)8-4-3-5-9-14/h13H,2-12,15H2,1H3. The highest BCUT2D eigenvalue weighted by Gasteiger charge is 2.38. The number of nitrogens with zero attached hydrogens (tertiary/aromatic N) is 1. The Kier molecular flexibility index (Phi) is 4.26. The van der Waals surface area contributed by atoms with Gasteiger partial charge in [-0.15, -0.1) is 0 Å². The molecule has 0 amide bonds. The van der Waals surface area contributed by atoms with Crippen LogP contribution in [0.2, 0.25) is 0 Å². The van der Waals surface area contributed by atoms with Crippen LogP contribution in [0.25, 0.3) is 0 Å². The van der Waals surface area contributed by atoms with Crippen LogP contribution in [0.3, 0.4) is 0 Å². The third-order valence-corrected chi connectivity index (χ3v) is 4.93. The maximum Gasteiger partial charge on any atom is 0.0331 e. The smallest absolute Gasteiger partial charge is 0.0331 e. The fourth-order valence-corrected chi connectivity index (χ4v) is 3.69. The van der Waals surface area contributed by atoms with Gasteiger partial charge in [-0.05, 0) is 38.1 Å². The highest BCUT2D eigenvalue weighted by atomic mass is 15.2. The fraction of sp³-hybridized carbons (Fsp3) is 1.00. The minimum absolute atomic E-state index is 0.381. The van der Waals surface area contributed by atoms with Gasteiger partial charge in [0.05, 0.1) is 0 Å². The molecule has 0 spiro atoms. The monoisotopic (exact) mass is 224 g/mol. The third kappa shape index (κ3) is 2.43. The molecule has 1 saturated carbocycles. The van der Waals surface area contributed by atoms with Crippen LogP contribution in [0, 0.1) is 5.92 Å². The highest BCUT2D eigenvalue weighted by molar-refractivity contribution is 4.95. The molecule has 2 heteroatoms. The predicted molar refractivity (Wildman–Crippen MR) is 69.5 cm³/mol. The zero-order valence-corrected chi connectivity index (χ0v) is 10.9. The summed E-state index contributed by atoms with van der Waals surface area (Å²) in [5.41, 5.74) is 6.50. The van der Waals surface area contributed by atoms with Gasteiger partial charge in [0, 0.05) is 18.6 Å². The summed E-state index contributed by atoms with van der Waals surface area (Å²) in [6.45, 7) is 5.83. The minimum atomic E-state index is 0.381. The molecule has 16 heavy (non-hydrogen) atoms. The summed E-state index contributed by atoms with van der Waals surface area (Å²) in [4.78, 5) is 2.75. The van der Waals surface area contributed by atoms with Crippen molar-refractivity contribution in [1.29, 1.82) is 0 Å². The lowest BCUT2D eigenvalue weighted by Gasteiger charge is -2.49. The Morgan fingerprint density at radius 2 is 1.94 bits per heavy atom. The first kappa shape index (κ1) is 12.4. The quantitative estimate of drug-likeness (QED) is 0.798. The van der Waals surface area contributed by atoms with E-state index in [0.29, 0.717) is 5.54 Å². The Morgan fingerprint density at radius 3 is 2.56 bits per heavy atom. The zero-order chi connectivity index (χ0) is 11.4. The van der Waals surface area contributed by atoms with E-state index in [1.54, 1.807) is 0 Å². The van der Waals surface area contributed by atoms with Gasteiger partial charge in [0.15, 0.2) is 0 Å². The van der Waals surface area contributed by atoms with E-state index in [1.807, 2.05) is 0 Å². The summed E-state index contributed by atoms with van der Waals surface area (Å²) in [6.07, 6.45) is 11.1. The first-order chi connectivity index (χ1) is 7.80. The summed E-state index contributed by atoms with van der Waals surface area (Å²) >= 11 is 0. The average Bonchev–Trinajstić information content (AvgIpc) is 2.39. The molecule has 2 aliphatic rings. The Bertz CT molecular complexity index is 209. The van der Waals surface area contributed by atoms with Crippen molar-refractivity contribution in [2.75, 3.05) is 19.6 Å².